The van der Waals surface area contributed by atoms with Crippen LogP contribution in [0.1, 0.15) is 64.7 Å². The van der Waals surface area contributed by atoms with Crippen molar-refractivity contribution < 1.29 is 14.3 Å². The smallest absolute Gasteiger partial charge is 0.136 e. The van der Waals surface area contributed by atoms with E-state index in [4.69, 9.17) is 0 Å². The predicted octanol–water partition coefficient (Wildman–Crippen LogP) is 3.91. The lowest BCUT2D eigenvalue weighted by atomic mass is 9.45. The molecule has 0 saturated heterocycles. The van der Waals surface area contributed by atoms with Gasteiger partial charge in [0.05, 0.1) is 0 Å². The first-order chi connectivity index (χ1) is 10.5. The van der Waals surface area contributed by atoms with Crippen LogP contribution >= 0.6 is 0 Å². The van der Waals surface area contributed by atoms with E-state index >= 15 is 0 Å². The average molecular weight is 308 g/mol. The number of carbonyl (C=O) groups excluding carboxylic acids is 1. The number of rotatable bonds is 1. The van der Waals surface area contributed by atoms with Crippen LogP contribution in [0, 0.1) is 34.5 Å². The van der Waals surface area contributed by atoms with E-state index in [1.165, 1.54) is 6.42 Å². The molecule has 0 aromatic carbocycles. The molecule has 0 aliphatic heterocycles. The molecule has 4 rings (SSSR count). The molecule has 0 radical (unpaired) electrons. The van der Waals surface area contributed by atoms with Crippen LogP contribution in [0.3, 0.4) is 0 Å². The summed E-state index contributed by atoms with van der Waals surface area (Å²) in [5.41, 5.74) is -0.00325. The molecule has 3 heteroatoms. The Morgan fingerprint density at radius 2 is 2.05 bits per heavy atom. The Bertz CT molecular complexity index is 478. The van der Waals surface area contributed by atoms with Crippen LogP contribution in [0.15, 0.2) is 0 Å². The fraction of sp³-hybridized carbons (Fsp3) is 0.947. The van der Waals surface area contributed by atoms with Gasteiger partial charge in [-0.2, -0.15) is 0 Å². The molecule has 4 fully saturated rings. The maximum absolute atomic E-state index is 14.1. The van der Waals surface area contributed by atoms with Crippen LogP contribution in [0.4, 0.5) is 4.39 Å². The van der Waals surface area contributed by atoms with Crippen molar-refractivity contribution in [3.05, 3.63) is 0 Å². The number of hydrogen-bond donors (Lipinski definition) is 1. The number of fused-ring (bicyclic) bond motifs is 5. The molecule has 22 heavy (non-hydrogen) atoms. The molecular formula is C19H29FO2. The van der Waals surface area contributed by atoms with Gasteiger partial charge in [-0.3, -0.25) is 4.79 Å². The zero-order valence-corrected chi connectivity index (χ0v) is 13.7. The third-order valence-corrected chi connectivity index (χ3v) is 8.19. The Balaban J connectivity index is 1.66. The highest BCUT2D eigenvalue weighted by Crippen LogP contribution is 2.65. The summed E-state index contributed by atoms with van der Waals surface area (Å²) >= 11 is 0. The van der Waals surface area contributed by atoms with Gasteiger partial charge in [-0.15, -0.1) is 0 Å². The highest BCUT2D eigenvalue weighted by Gasteiger charge is 2.61. The van der Waals surface area contributed by atoms with Crippen molar-refractivity contribution in [1.82, 2.24) is 0 Å². The van der Waals surface area contributed by atoms with E-state index in [1.807, 2.05) is 0 Å². The number of halogens is 1. The fourth-order valence-electron chi connectivity index (χ4n) is 7.19. The van der Waals surface area contributed by atoms with Crippen molar-refractivity contribution in [2.75, 3.05) is 6.61 Å². The molecule has 4 saturated carbocycles. The van der Waals surface area contributed by atoms with Gasteiger partial charge in [0, 0.05) is 18.9 Å². The summed E-state index contributed by atoms with van der Waals surface area (Å²) in [6.07, 6.45) is 7.61. The Labute approximate surface area is 132 Å². The van der Waals surface area contributed by atoms with E-state index in [9.17, 15) is 14.3 Å². The summed E-state index contributed by atoms with van der Waals surface area (Å²) in [7, 11) is 0. The lowest BCUT2D eigenvalue weighted by molar-refractivity contribution is -0.149. The Morgan fingerprint density at radius 3 is 2.82 bits per heavy atom. The van der Waals surface area contributed by atoms with Gasteiger partial charge in [0.2, 0.25) is 0 Å². The molecule has 0 heterocycles. The van der Waals surface area contributed by atoms with E-state index < -0.39 is 6.17 Å². The molecule has 2 nitrogen and oxygen atoms in total. The summed E-state index contributed by atoms with van der Waals surface area (Å²) in [6, 6.07) is 0. The Hall–Kier alpha value is -0.440. The van der Waals surface area contributed by atoms with E-state index in [0.29, 0.717) is 36.4 Å². The number of ketones is 1. The minimum atomic E-state index is -0.727. The summed E-state index contributed by atoms with van der Waals surface area (Å²) in [6.45, 7) is 2.50. The summed E-state index contributed by atoms with van der Waals surface area (Å²) in [4.78, 5) is 12.4. The SMILES string of the molecule is C[C@]12CCCC(=O)C1CC[C@H]1[C@@H]3C[C@@H](F)C[C@@]3(CO)CC[C@@H]12. The molecule has 0 aromatic rings. The molecular weight excluding hydrogens is 279 g/mol. The van der Waals surface area contributed by atoms with Crippen molar-refractivity contribution in [3.63, 3.8) is 0 Å². The van der Waals surface area contributed by atoms with E-state index in [2.05, 4.69) is 6.92 Å². The zero-order valence-electron chi connectivity index (χ0n) is 13.7. The molecule has 0 amide bonds. The van der Waals surface area contributed by atoms with Crippen LogP contribution < -0.4 is 0 Å². The van der Waals surface area contributed by atoms with Crippen LogP contribution in [-0.4, -0.2) is 23.7 Å². The minimum Gasteiger partial charge on any atom is -0.396 e. The van der Waals surface area contributed by atoms with Gasteiger partial charge in [-0.25, -0.2) is 4.39 Å². The van der Waals surface area contributed by atoms with Crippen LogP contribution in [0.5, 0.6) is 0 Å². The number of aliphatic hydroxyl groups is 1. The van der Waals surface area contributed by atoms with Gasteiger partial charge in [0.25, 0.3) is 0 Å². The normalized spacial score (nSPS) is 54.5. The molecule has 124 valence electrons. The van der Waals surface area contributed by atoms with Crippen molar-refractivity contribution in [2.45, 2.75) is 70.9 Å². The number of carbonyl (C=O) groups is 1. The topological polar surface area (TPSA) is 37.3 Å². The third kappa shape index (κ3) is 1.90. The average Bonchev–Trinajstić information content (AvgIpc) is 2.84. The van der Waals surface area contributed by atoms with Gasteiger partial charge in [0.15, 0.2) is 0 Å². The summed E-state index contributed by atoms with van der Waals surface area (Å²) < 4.78 is 14.1. The predicted molar refractivity (Wildman–Crippen MR) is 83.0 cm³/mol. The summed E-state index contributed by atoms with van der Waals surface area (Å²) in [5.74, 6) is 2.20. The lowest BCUT2D eigenvalue weighted by Gasteiger charge is -2.59. The van der Waals surface area contributed by atoms with E-state index in [0.717, 1.165) is 38.5 Å². The molecule has 4 aliphatic carbocycles. The first-order valence-electron chi connectivity index (χ1n) is 9.28. The first kappa shape index (κ1) is 15.1. The third-order valence-electron chi connectivity index (χ3n) is 8.19. The molecule has 1 N–H and O–H groups in total. The van der Waals surface area contributed by atoms with Crippen molar-refractivity contribution in [1.29, 1.82) is 0 Å². The van der Waals surface area contributed by atoms with Gasteiger partial charge < -0.3 is 5.11 Å². The Morgan fingerprint density at radius 1 is 1.23 bits per heavy atom. The molecule has 0 aromatic heterocycles. The van der Waals surface area contributed by atoms with E-state index in [-0.39, 0.29) is 23.4 Å². The monoisotopic (exact) mass is 308 g/mol. The van der Waals surface area contributed by atoms with Crippen LogP contribution in [0.25, 0.3) is 0 Å². The largest absolute Gasteiger partial charge is 0.396 e. The van der Waals surface area contributed by atoms with Crippen LogP contribution in [-0.2, 0) is 4.79 Å². The van der Waals surface area contributed by atoms with Gasteiger partial charge in [-0.1, -0.05) is 6.92 Å². The minimum absolute atomic E-state index is 0.147. The highest BCUT2D eigenvalue weighted by molar-refractivity contribution is 5.82. The van der Waals surface area contributed by atoms with E-state index in [1.54, 1.807) is 0 Å². The fourth-order valence-corrected chi connectivity index (χ4v) is 7.19. The number of Topliss-reactive ketones (excluding diaryl/α,β-unsaturated/α-hetero) is 1. The van der Waals surface area contributed by atoms with Gasteiger partial charge in [-0.05, 0) is 80.0 Å². The maximum atomic E-state index is 14.1. The van der Waals surface area contributed by atoms with Crippen molar-refractivity contribution in [2.24, 2.45) is 34.5 Å². The van der Waals surface area contributed by atoms with Crippen molar-refractivity contribution in [3.8, 4) is 0 Å². The molecule has 4 aliphatic rings. The zero-order chi connectivity index (χ0) is 15.5. The van der Waals surface area contributed by atoms with Crippen LogP contribution in [0.2, 0.25) is 0 Å². The molecule has 0 bridgehead atoms. The molecule has 1 unspecified atom stereocenters. The van der Waals surface area contributed by atoms with Gasteiger partial charge in [0.1, 0.15) is 12.0 Å². The highest BCUT2D eigenvalue weighted by atomic mass is 19.1. The molecule has 0 spiro atoms. The molecule has 7 atom stereocenters. The number of alkyl halides is 1. The summed E-state index contributed by atoms with van der Waals surface area (Å²) in [5, 5.41) is 9.98. The second kappa shape index (κ2) is 5.03. The van der Waals surface area contributed by atoms with Crippen molar-refractivity contribution >= 4 is 5.78 Å². The van der Waals surface area contributed by atoms with Gasteiger partial charge >= 0.3 is 0 Å². The quantitative estimate of drug-likeness (QED) is 0.797. The first-order valence-corrected chi connectivity index (χ1v) is 9.28. The lowest BCUT2D eigenvalue weighted by Crippen LogP contribution is -2.55. The number of hydrogen-bond acceptors (Lipinski definition) is 2. The Kier molecular flexibility index (Phi) is 3.45. The standard InChI is InChI=1S/C19H29FO2/c1-18-7-2-3-17(22)15(18)5-4-13-14(18)6-8-19(11-21)10-12(20)9-16(13)19/h12-16,21H,2-11H2,1H3/t12-,13-,14+,15?,16+,18-,19-/m1/s1. The maximum Gasteiger partial charge on any atom is 0.136 e. The number of aliphatic hydroxyl groups excluding tert-OH is 1. The second-order valence-electron chi connectivity index (χ2n) is 8.93. The second-order valence-corrected chi connectivity index (χ2v) is 8.93.